The number of amides is 1. The highest BCUT2D eigenvalue weighted by Crippen LogP contribution is 2.50. The van der Waals surface area contributed by atoms with Gasteiger partial charge >= 0.3 is 0 Å². The summed E-state index contributed by atoms with van der Waals surface area (Å²) >= 11 is 1.07. The molecule has 0 radical (unpaired) electrons. The summed E-state index contributed by atoms with van der Waals surface area (Å²) in [6, 6.07) is 12.0. The standard InChI is InChI=1S/C21H23F2N5O3S/c1-13(29)19(30)28-21(14-6-4-3-5-7-14,10-11-31-27-20(24)25-2)32-18(26-28)16-12-15(22)8-9-17(16)23/h3-9,12-13,29H,10-11H2,1-2H3,(H3,24,25,27). The third kappa shape index (κ3) is 4.90. The Hall–Kier alpha value is -3.02. The number of hydrazone groups is 1. The number of aliphatic hydroxyl groups excluding tert-OH is 1. The lowest BCUT2D eigenvalue weighted by molar-refractivity contribution is -0.143. The Kier molecular flexibility index (Phi) is 7.44. The van der Waals surface area contributed by atoms with Crippen molar-refractivity contribution in [2.75, 3.05) is 13.7 Å². The zero-order valence-corrected chi connectivity index (χ0v) is 18.3. The van der Waals surface area contributed by atoms with Crippen LogP contribution in [0.5, 0.6) is 0 Å². The van der Waals surface area contributed by atoms with Crippen molar-refractivity contribution in [3.8, 4) is 0 Å². The number of thioether (sulfide) groups is 1. The molecular formula is C21H23F2N5O3S. The number of hydrogen-bond donors (Lipinski definition) is 3. The van der Waals surface area contributed by atoms with Crippen LogP contribution < -0.4 is 11.2 Å². The minimum atomic E-state index is -1.37. The van der Waals surface area contributed by atoms with E-state index in [0.29, 0.717) is 5.56 Å². The molecule has 170 valence electrons. The molecule has 0 saturated carbocycles. The summed E-state index contributed by atoms with van der Waals surface area (Å²) in [5, 5.41) is 15.5. The normalized spacial score (nSPS) is 19.6. The first kappa shape index (κ1) is 23.6. The summed E-state index contributed by atoms with van der Waals surface area (Å²) in [6.07, 6.45) is -1.20. The molecule has 2 unspecified atom stereocenters. The van der Waals surface area contributed by atoms with Gasteiger partial charge in [-0.1, -0.05) is 42.1 Å². The molecule has 0 fully saturated rings. The van der Waals surface area contributed by atoms with Gasteiger partial charge in [-0.05, 0) is 30.7 Å². The Bertz CT molecular complexity index is 1040. The maximum absolute atomic E-state index is 14.5. The largest absolute Gasteiger partial charge is 0.383 e. The molecule has 2 aromatic carbocycles. The Labute approximate surface area is 188 Å². The second-order valence-corrected chi connectivity index (χ2v) is 8.18. The van der Waals surface area contributed by atoms with E-state index in [1.54, 1.807) is 24.3 Å². The van der Waals surface area contributed by atoms with Crippen molar-refractivity contribution in [2.45, 2.75) is 24.3 Å². The highest BCUT2D eigenvalue weighted by molar-refractivity contribution is 8.15. The van der Waals surface area contributed by atoms with Gasteiger partial charge in [-0.2, -0.15) is 5.10 Å². The van der Waals surface area contributed by atoms with E-state index in [9.17, 15) is 18.7 Å². The molecule has 4 N–H and O–H groups in total. The fraction of sp³-hybridized carbons (Fsp3) is 0.286. The first-order chi connectivity index (χ1) is 15.3. The van der Waals surface area contributed by atoms with Gasteiger partial charge in [0.2, 0.25) is 5.96 Å². The third-order valence-corrected chi connectivity index (χ3v) is 6.15. The molecule has 11 heteroatoms. The van der Waals surface area contributed by atoms with Gasteiger partial charge < -0.3 is 10.8 Å². The molecule has 1 aliphatic heterocycles. The van der Waals surface area contributed by atoms with Crippen LogP contribution in [0.15, 0.2) is 58.6 Å². The molecule has 1 amide bonds. The van der Waals surface area contributed by atoms with Gasteiger partial charge in [-0.25, -0.2) is 19.3 Å². The van der Waals surface area contributed by atoms with Crippen molar-refractivity contribution < 1.29 is 23.5 Å². The number of carbonyl (C=O) groups is 1. The van der Waals surface area contributed by atoms with Gasteiger partial charge in [0.1, 0.15) is 27.7 Å². The van der Waals surface area contributed by atoms with Crippen LogP contribution in [0, 0.1) is 11.6 Å². The van der Waals surface area contributed by atoms with Crippen molar-refractivity contribution in [3.63, 3.8) is 0 Å². The number of hydroxylamine groups is 1. The van der Waals surface area contributed by atoms with Crippen LogP contribution in [0.1, 0.15) is 24.5 Å². The topological polar surface area (TPSA) is 113 Å². The quantitative estimate of drug-likeness (QED) is 0.251. The molecule has 3 rings (SSSR count). The second kappa shape index (κ2) is 10.1. The number of rotatable bonds is 7. The van der Waals surface area contributed by atoms with E-state index in [-0.39, 0.29) is 29.6 Å². The van der Waals surface area contributed by atoms with Crippen LogP contribution in [0.2, 0.25) is 0 Å². The number of carbonyl (C=O) groups excluding carboxylic acids is 1. The number of aliphatic imine (C=N–C) groups is 1. The first-order valence-electron chi connectivity index (χ1n) is 9.69. The minimum absolute atomic E-state index is 0.0517. The summed E-state index contributed by atoms with van der Waals surface area (Å²) in [6.45, 7) is 1.37. The Morgan fingerprint density at radius 3 is 2.72 bits per heavy atom. The highest BCUT2D eigenvalue weighted by atomic mass is 32.2. The number of benzene rings is 2. The fourth-order valence-electron chi connectivity index (χ4n) is 3.11. The van der Waals surface area contributed by atoms with Crippen LogP contribution in [-0.4, -0.2) is 46.8 Å². The summed E-state index contributed by atoms with van der Waals surface area (Å²) < 4.78 is 28.4. The van der Waals surface area contributed by atoms with Crippen LogP contribution in [0.4, 0.5) is 8.78 Å². The summed E-state index contributed by atoms with van der Waals surface area (Å²) in [5.74, 6) is -1.96. The van der Waals surface area contributed by atoms with Gasteiger partial charge in [0.15, 0.2) is 0 Å². The van der Waals surface area contributed by atoms with E-state index in [1.165, 1.54) is 14.0 Å². The van der Waals surface area contributed by atoms with Crippen molar-refractivity contribution in [3.05, 3.63) is 71.3 Å². The van der Waals surface area contributed by atoms with Crippen LogP contribution >= 0.6 is 11.8 Å². The molecule has 2 atom stereocenters. The lowest BCUT2D eigenvalue weighted by Gasteiger charge is -2.36. The number of nitrogens with zero attached hydrogens (tertiary/aromatic N) is 3. The van der Waals surface area contributed by atoms with E-state index in [0.717, 1.165) is 35.0 Å². The Balaban J connectivity index is 2.04. The van der Waals surface area contributed by atoms with Crippen molar-refractivity contribution in [1.29, 1.82) is 0 Å². The number of nitrogens with one attached hydrogen (secondary N) is 1. The number of aliphatic hydroxyl groups is 1. The van der Waals surface area contributed by atoms with E-state index >= 15 is 0 Å². The Morgan fingerprint density at radius 1 is 1.34 bits per heavy atom. The minimum Gasteiger partial charge on any atom is -0.383 e. The predicted molar refractivity (Wildman–Crippen MR) is 118 cm³/mol. The fourth-order valence-corrected chi connectivity index (χ4v) is 4.48. The average molecular weight is 464 g/mol. The molecule has 0 aliphatic carbocycles. The second-order valence-electron chi connectivity index (χ2n) is 6.92. The van der Waals surface area contributed by atoms with E-state index in [1.807, 2.05) is 6.07 Å². The van der Waals surface area contributed by atoms with Crippen molar-refractivity contribution >= 4 is 28.7 Å². The Morgan fingerprint density at radius 2 is 2.06 bits per heavy atom. The molecule has 0 aromatic heterocycles. The van der Waals surface area contributed by atoms with E-state index in [2.05, 4.69) is 15.6 Å². The molecule has 1 heterocycles. The number of halogens is 2. The summed E-state index contributed by atoms with van der Waals surface area (Å²) in [7, 11) is 1.49. The molecular weight excluding hydrogens is 440 g/mol. The monoisotopic (exact) mass is 463 g/mol. The maximum atomic E-state index is 14.5. The van der Waals surface area contributed by atoms with Crippen LogP contribution in [0.25, 0.3) is 0 Å². The number of nitrogens with two attached hydrogens (primary N) is 1. The lowest BCUT2D eigenvalue weighted by atomic mass is 10.0. The van der Waals surface area contributed by atoms with Gasteiger partial charge in [-0.3, -0.25) is 14.6 Å². The zero-order valence-electron chi connectivity index (χ0n) is 17.5. The first-order valence-corrected chi connectivity index (χ1v) is 10.5. The zero-order chi connectivity index (χ0) is 23.3. The van der Waals surface area contributed by atoms with Gasteiger partial charge in [-0.15, -0.1) is 0 Å². The molecule has 8 nitrogen and oxygen atoms in total. The third-order valence-electron chi connectivity index (χ3n) is 4.71. The van der Waals surface area contributed by atoms with Crippen molar-refractivity contribution in [2.24, 2.45) is 15.8 Å². The lowest BCUT2D eigenvalue weighted by Crippen LogP contribution is -2.46. The van der Waals surface area contributed by atoms with Gasteiger partial charge in [0, 0.05) is 19.0 Å². The summed E-state index contributed by atoms with van der Waals surface area (Å²) in [4.78, 5) is 20.8. The molecule has 1 aliphatic rings. The van der Waals surface area contributed by atoms with E-state index in [4.69, 9.17) is 10.6 Å². The number of guanidine groups is 1. The van der Waals surface area contributed by atoms with Crippen molar-refractivity contribution in [1.82, 2.24) is 10.5 Å². The molecule has 0 bridgehead atoms. The summed E-state index contributed by atoms with van der Waals surface area (Å²) in [5.41, 5.74) is 8.61. The van der Waals surface area contributed by atoms with Crippen LogP contribution in [0.3, 0.4) is 0 Å². The predicted octanol–water partition coefficient (Wildman–Crippen LogP) is 2.29. The molecule has 32 heavy (non-hydrogen) atoms. The maximum Gasteiger partial charge on any atom is 0.272 e. The molecule has 0 spiro atoms. The SMILES string of the molecule is CN=C(N)NOCCC1(c2ccccc2)SC(c2cc(F)ccc2F)=NN1C(=O)C(C)O. The average Bonchev–Trinajstić information content (AvgIpc) is 3.18. The van der Waals surface area contributed by atoms with Gasteiger partial charge in [0.05, 0.1) is 6.61 Å². The highest BCUT2D eigenvalue weighted by Gasteiger charge is 2.49. The molecule has 2 aromatic rings. The van der Waals surface area contributed by atoms with E-state index < -0.39 is 28.5 Å². The molecule has 0 saturated heterocycles. The number of hydrogen-bond acceptors (Lipinski definition) is 6. The van der Waals surface area contributed by atoms with Crippen LogP contribution in [-0.2, 0) is 14.5 Å². The van der Waals surface area contributed by atoms with Gasteiger partial charge in [0.25, 0.3) is 5.91 Å². The smallest absolute Gasteiger partial charge is 0.272 e.